The van der Waals surface area contributed by atoms with E-state index in [1.165, 1.54) is 57.8 Å². The Morgan fingerprint density at radius 1 is 0.967 bits per heavy atom. The molecule has 2 fully saturated rings. The van der Waals surface area contributed by atoms with Gasteiger partial charge in [-0.05, 0) is 25.0 Å². The molecule has 1 heterocycles. The average molecular weight is 416 g/mol. The molecule has 6 heteroatoms. The molecule has 1 aromatic carbocycles. The van der Waals surface area contributed by atoms with Gasteiger partial charge in [-0.25, -0.2) is 4.79 Å². The predicted octanol–water partition coefficient (Wildman–Crippen LogP) is 4.73. The van der Waals surface area contributed by atoms with Gasteiger partial charge in [0.15, 0.2) is 0 Å². The van der Waals surface area contributed by atoms with Crippen LogP contribution < -0.4 is 15.0 Å². The van der Waals surface area contributed by atoms with Crippen molar-refractivity contribution in [1.29, 1.82) is 0 Å². The van der Waals surface area contributed by atoms with E-state index in [2.05, 4.69) is 5.32 Å². The van der Waals surface area contributed by atoms with Gasteiger partial charge in [0.25, 0.3) is 0 Å². The third-order valence-corrected chi connectivity index (χ3v) is 6.28. The minimum atomic E-state index is -0.131. The Morgan fingerprint density at radius 2 is 1.57 bits per heavy atom. The lowest BCUT2D eigenvalue weighted by atomic mass is 9.98. The summed E-state index contributed by atoms with van der Waals surface area (Å²) < 4.78 is 5.39. The zero-order valence-electron chi connectivity index (χ0n) is 18.4. The Bertz CT molecular complexity index is 682. The quantitative estimate of drug-likeness (QED) is 0.756. The van der Waals surface area contributed by atoms with Gasteiger partial charge in [-0.15, -0.1) is 0 Å². The van der Waals surface area contributed by atoms with Gasteiger partial charge >= 0.3 is 6.03 Å². The van der Waals surface area contributed by atoms with E-state index in [1.54, 1.807) is 16.9 Å². The topological polar surface area (TPSA) is 61.9 Å². The van der Waals surface area contributed by atoms with Crippen molar-refractivity contribution in [3.8, 4) is 5.75 Å². The van der Waals surface area contributed by atoms with E-state index in [9.17, 15) is 9.59 Å². The zero-order valence-corrected chi connectivity index (χ0v) is 18.4. The molecule has 1 N–H and O–H groups in total. The SMILES string of the molecule is COc1ccccc1N1CCN(CC(=O)NC2CCCCCCCCCCC2)C1=O. The van der Waals surface area contributed by atoms with Crippen LogP contribution in [0.3, 0.4) is 0 Å². The number of carbonyl (C=O) groups is 2. The van der Waals surface area contributed by atoms with E-state index < -0.39 is 0 Å². The van der Waals surface area contributed by atoms with Crippen LogP contribution >= 0.6 is 0 Å². The molecule has 1 saturated carbocycles. The number of hydrogen-bond donors (Lipinski definition) is 1. The van der Waals surface area contributed by atoms with Crippen LogP contribution in [-0.4, -0.2) is 49.6 Å². The van der Waals surface area contributed by atoms with Crippen molar-refractivity contribution in [2.45, 2.75) is 76.7 Å². The summed E-state index contributed by atoms with van der Waals surface area (Å²) in [4.78, 5) is 28.9. The number of ether oxygens (including phenoxy) is 1. The maximum Gasteiger partial charge on any atom is 0.325 e. The molecular formula is C24H37N3O3. The molecule has 6 nitrogen and oxygen atoms in total. The van der Waals surface area contributed by atoms with E-state index in [0.717, 1.165) is 18.5 Å². The summed E-state index contributed by atoms with van der Waals surface area (Å²) in [6.07, 6.45) is 13.6. The smallest absolute Gasteiger partial charge is 0.325 e. The van der Waals surface area contributed by atoms with Crippen molar-refractivity contribution >= 4 is 17.6 Å². The highest BCUT2D eigenvalue weighted by Gasteiger charge is 2.32. The summed E-state index contributed by atoms with van der Waals surface area (Å²) >= 11 is 0. The van der Waals surface area contributed by atoms with E-state index in [1.807, 2.05) is 24.3 Å². The second-order valence-electron chi connectivity index (χ2n) is 8.55. The summed E-state index contributed by atoms with van der Waals surface area (Å²) in [5.74, 6) is 0.632. The van der Waals surface area contributed by atoms with E-state index in [0.29, 0.717) is 18.8 Å². The minimum Gasteiger partial charge on any atom is -0.495 e. The van der Waals surface area contributed by atoms with Gasteiger partial charge in [0, 0.05) is 19.1 Å². The number of benzene rings is 1. The number of hydrogen-bond acceptors (Lipinski definition) is 3. The molecular weight excluding hydrogens is 378 g/mol. The summed E-state index contributed by atoms with van der Waals surface area (Å²) in [6, 6.07) is 7.61. The molecule has 1 saturated heterocycles. The zero-order chi connectivity index (χ0) is 21.2. The fourth-order valence-electron chi connectivity index (χ4n) is 4.56. The Morgan fingerprint density at radius 3 is 2.20 bits per heavy atom. The van der Waals surface area contributed by atoms with E-state index in [-0.39, 0.29) is 24.5 Å². The highest BCUT2D eigenvalue weighted by atomic mass is 16.5. The first kappa shape index (κ1) is 22.4. The minimum absolute atomic E-state index is 0.0395. The van der Waals surface area contributed by atoms with E-state index in [4.69, 9.17) is 4.74 Å². The second-order valence-corrected chi connectivity index (χ2v) is 8.55. The van der Waals surface area contributed by atoms with Crippen LogP contribution in [0, 0.1) is 0 Å². The van der Waals surface area contributed by atoms with Gasteiger partial charge in [0.1, 0.15) is 12.3 Å². The number of rotatable bonds is 5. The summed E-state index contributed by atoms with van der Waals surface area (Å²) in [6.45, 7) is 1.24. The molecule has 3 rings (SSSR count). The van der Waals surface area contributed by atoms with Crippen molar-refractivity contribution in [3.05, 3.63) is 24.3 Å². The molecule has 0 spiro atoms. The van der Waals surface area contributed by atoms with Gasteiger partial charge in [-0.1, -0.05) is 69.9 Å². The monoisotopic (exact) mass is 415 g/mol. The highest BCUT2D eigenvalue weighted by Crippen LogP contribution is 2.30. The lowest BCUT2D eigenvalue weighted by Crippen LogP contribution is -2.43. The summed E-state index contributed by atoms with van der Waals surface area (Å²) in [5, 5.41) is 3.22. The predicted molar refractivity (Wildman–Crippen MR) is 120 cm³/mol. The van der Waals surface area contributed by atoms with Crippen molar-refractivity contribution in [2.24, 2.45) is 0 Å². The fraction of sp³-hybridized carbons (Fsp3) is 0.667. The van der Waals surface area contributed by atoms with Crippen LogP contribution in [0.5, 0.6) is 5.75 Å². The van der Waals surface area contributed by atoms with Gasteiger partial charge in [-0.3, -0.25) is 9.69 Å². The van der Waals surface area contributed by atoms with Crippen molar-refractivity contribution < 1.29 is 14.3 Å². The molecule has 0 aromatic heterocycles. The molecule has 2 aliphatic rings. The molecule has 1 aliphatic carbocycles. The Kier molecular flexibility index (Phi) is 8.84. The molecule has 30 heavy (non-hydrogen) atoms. The summed E-state index contributed by atoms with van der Waals surface area (Å²) in [7, 11) is 1.60. The summed E-state index contributed by atoms with van der Waals surface area (Å²) in [5.41, 5.74) is 0.757. The van der Waals surface area contributed by atoms with Crippen LogP contribution in [-0.2, 0) is 4.79 Å². The normalized spacial score (nSPS) is 19.8. The number of nitrogens with one attached hydrogen (secondary N) is 1. The van der Waals surface area contributed by atoms with Gasteiger partial charge in [-0.2, -0.15) is 0 Å². The van der Waals surface area contributed by atoms with Gasteiger partial charge in [0.2, 0.25) is 5.91 Å². The van der Waals surface area contributed by atoms with E-state index >= 15 is 0 Å². The first-order chi connectivity index (χ1) is 14.7. The van der Waals surface area contributed by atoms with Crippen molar-refractivity contribution in [1.82, 2.24) is 10.2 Å². The number of anilines is 1. The number of amides is 3. The maximum atomic E-state index is 12.9. The molecule has 1 aliphatic heterocycles. The third kappa shape index (κ3) is 6.38. The van der Waals surface area contributed by atoms with Crippen molar-refractivity contribution in [3.63, 3.8) is 0 Å². The molecule has 0 bridgehead atoms. The number of methoxy groups -OCH3 is 1. The lowest BCUT2D eigenvalue weighted by Gasteiger charge is -2.23. The third-order valence-electron chi connectivity index (χ3n) is 6.28. The van der Waals surface area contributed by atoms with Crippen LogP contribution in [0.1, 0.15) is 70.6 Å². The van der Waals surface area contributed by atoms with Crippen LogP contribution in [0.4, 0.5) is 10.5 Å². The molecule has 0 radical (unpaired) electrons. The van der Waals surface area contributed by atoms with Crippen LogP contribution in [0.25, 0.3) is 0 Å². The first-order valence-corrected chi connectivity index (χ1v) is 11.7. The van der Waals surface area contributed by atoms with Crippen molar-refractivity contribution in [2.75, 3.05) is 31.6 Å². The molecule has 0 unspecified atom stereocenters. The van der Waals surface area contributed by atoms with Crippen LogP contribution in [0.2, 0.25) is 0 Å². The lowest BCUT2D eigenvalue weighted by molar-refractivity contribution is -0.122. The Hall–Kier alpha value is -2.24. The largest absolute Gasteiger partial charge is 0.495 e. The Balaban J connectivity index is 1.51. The van der Waals surface area contributed by atoms with Gasteiger partial charge < -0.3 is 15.0 Å². The molecule has 1 aromatic rings. The first-order valence-electron chi connectivity index (χ1n) is 11.7. The highest BCUT2D eigenvalue weighted by molar-refractivity contribution is 5.97. The number of nitrogens with zero attached hydrogens (tertiary/aromatic N) is 2. The Labute approximate surface area is 180 Å². The number of carbonyl (C=O) groups excluding carboxylic acids is 2. The number of para-hydroxylation sites is 2. The average Bonchev–Trinajstić information content (AvgIpc) is 3.10. The molecule has 3 amide bonds. The second kappa shape index (κ2) is 11.8. The standard InChI is InChI=1S/C24H37N3O3/c1-30-22-16-12-11-15-21(22)27-18-17-26(24(27)29)19-23(28)25-20-13-9-7-5-3-2-4-6-8-10-14-20/h11-12,15-16,20H,2-10,13-14,17-19H2,1H3,(H,25,28). The van der Waals surface area contributed by atoms with Gasteiger partial charge in [0.05, 0.1) is 12.8 Å². The van der Waals surface area contributed by atoms with Crippen LogP contribution in [0.15, 0.2) is 24.3 Å². The molecule has 0 atom stereocenters. The molecule has 166 valence electrons. The number of urea groups is 1. The fourth-order valence-corrected chi connectivity index (χ4v) is 4.56. The maximum absolute atomic E-state index is 12.9.